The summed E-state index contributed by atoms with van der Waals surface area (Å²) in [5.41, 5.74) is 8.74. The third kappa shape index (κ3) is 10.6. The standard InChI is InChI=1S/C16H13NO2.3C15H10FNO2/c1-11-10-17(15-5-3-2-4-14(11)15)13-8-6-12(7-9-13)16(18)19;16-10-4-3-5-11(8-10)17-9-13(15(18)19)12-6-1-2-7-14(12)17;16-10-4-6-11(7-5-10)17-9-8-12-13(15(18)19)2-1-3-14(12)17;16-10-5-7-11(8-6-10)17-9-13(15(18)19)12-3-1-2-4-14(12)17/h2-10H,1H3,(H,18,19);3*1-9H,(H,18,19). The number of aryl methyl sites for hydroxylation is 1. The molecule has 0 radical (unpaired) electrons. The number of aromatic nitrogens is 4. The van der Waals surface area contributed by atoms with Crippen LogP contribution in [-0.4, -0.2) is 62.6 Å². The van der Waals surface area contributed by atoms with Crippen molar-refractivity contribution >= 4 is 67.5 Å². The van der Waals surface area contributed by atoms with Gasteiger partial charge in [-0.1, -0.05) is 66.7 Å². The monoisotopic (exact) mass is 1020 g/mol. The molecule has 76 heavy (non-hydrogen) atoms. The summed E-state index contributed by atoms with van der Waals surface area (Å²) >= 11 is 0. The zero-order chi connectivity index (χ0) is 53.6. The Labute approximate surface area is 430 Å². The van der Waals surface area contributed by atoms with Gasteiger partial charge in [-0.2, -0.15) is 0 Å². The van der Waals surface area contributed by atoms with Crippen molar-refractivity contribution in [2.24, 2.45) is 0 Å². The number of carbonyl (C=O) groups is 4. The van der Waals surface area contributed by atoms with Crippen molar-refractivity contribution in [1.82, 2.24) is 18.3 Å². The van der Waals surface area contributed by atoms with Crippen LogP contribution >= 0.6 is 0 Å². The molecule has 8 aromatic carbocycles. The van der Waals surface area contributed by atoms with Gasteiger partial charge in [-0.25, -0.2) is 32.3 Å². The first-order chi connectivity index (χ1) is 36.7. The Morgan fingerprint density at radius 3 is 1.24 bits per heavy atom. The number of halogens is 3. The molecule has 12 aromatic rings. The van der Waals surface area contributed by atoms with E-state index >= 15 is 0 Å². The van der Waals surface area contributed by atoms with Crippen LogP contribution in [0.25, 0.3) is 66.4 Å². The molecule has 0 saturated carbocycles. The Bertz CT molecular complexity index is 4110. The summed E-state index contributed by atoms with van der Waals surface area (Å²) in [6.07, 6.45) is 6.92. The van der Waals surface area contributed by atoms with Gasteiger partial charge in [-0.05, 0) is 140 Å². The predicted molar refractivity (Wildman–Crippen MR) is 286 cm³/mol. The zero-order valence-electron chi connectivity index (χ0n) is 40.1. The first kappa shape index (κ1) is 50.5. The topological polar surface area (TPSA) is 169 Å². The van der Waals surface area contributed by atoms with Gasteiger partial charge in [-0.15, -0.1) is 0 Å². The van der Waals surface area contributed by atoms with Gasteiger partial charge < -0.3 is 38.7 Å². The largest absolute Gasteiger partial charge is 0.478 e. The van der Waals surface area contributed by atoms with Crippen LogP contribution in [0.15, 0.2) is 219 Å². The van der Waals surface area contributed by atoms with Gasteiger partial charge in [0.2, 0.25) is 0 Å². The normalized spacial score (nSPS) is 10.8. The zero-order valence-corrected chi connectivity index (χ0v) is 40.1. The quantitative estimate of drug-likeness (QED) is 0.117. The van der Waals surface area contributed by atoms with Gasteiger partial charge >= 0.3 is 23.9 Å². The van der Waals surface area contributed by atoms with Gasteiger partial charge in [0.25, 0.3) is 0 Å². The van der Waals surface area contributed by atoms with Gasteiger partial charge in [0.05, 0.1) is 44.3 Å². The lowest BCUT2D eigenvalue weighted by Crippen LogP contribution is -1.97. The fourth-order valence-electron chi connectivity index (χ4n) is 8.86. The van der Waals surface area contributed by atoms with Crippen molar-refractivity contribution in [2.45, 2.75) is 6.92 Å². The van der Waals surface area contributed by atoms with Crippen LogP contribution in [0.2, 0.25) is 0 Å². The average molecular weight is 1020 g/mol. The van der Waals surface area contributed by atoms with E-state index < -0.39 is 23.9 Å². The molecule has 0 spiro atoms. The van der Waals surface area contributed by atoms with Gasteiger partial charge in [0.1, 0.15) is 17.5 Å². The predicted octanol–water partition coefficient (Wildman–Crippen LogP) is 14.0. The smallest absolute Gasteiger partial charge is 0.337 e. The molecular weight excluding hydrogens is 974 g/mol. The second kappa shape index (κ2) is 21.7. The van der Waals surface area contributed by atoms with Crippen LogP contribution in [-0.2, 0) is 0 Å². The van der Waals surface area contributed by atoms with E-state index in [4.69, 9.17) is 10.2 Å². The number of fused-ring (bicyclic) bond motifs is 4. The average Bonchev–Trinajstić information content (AvgIpc) is 4.25. The molecule has 4 aromatic heterocycles. The van der Waals surface area contributed by atoms with Crippen LogP contribution in [0.4, 0.5) is 13.2 Å². The van der Waals surface area contributed by atoms with Crippen LogP contribution in [0.3, 0.4) is 0 Å². The lowest BCUT2D eigenvalue weighted by molar-refractivity contribution is 0.0686. The molecule has 0 fully saturated rings. The van der Waals surface area contributed by atoms with Crippen molar-refractivity contribution in [3.05, 3.63) is 264 Å². The summed E-state index contributed by atoms with van der Waals surface area (Å²) in [6.45, 7) is 2.07. The molecule has 0 unspecified atom stereocenters. The SMILES string of the molecule is Cc1cn(-c2ccc(C(=O)O)cc2)c2ccccc12.O=C(O)c1cccc2c1ccn2-c1ccc(F)cc1.O=C(O)c1cn(-c2ccc(F)cc2)c2ccccc12.O=C(O)c1cn(-c2cccc(F)c2)c2ccccc12. The molecule has 12 nitrogen and oxygen atoms in total. The molecule has 0 saturated heterocycles. The summed E-state index contributed by atoms with van der Waals surface area (Å²) < 4.78 is 46.5. The molecule has 4 N–H and O–H groups in total. The minimum atomic E-state index is -0.994. The summed E-state index contributed by atoms with van der Waals surface area (Å²) in [4.78, 5) is 44.5. The highest BCUT2D eigenvalue weighted by Crippen LogP contribution is 2.29. The summed E-state index contributed by atoms with van der Waals surface area (Å²) in [5, 5.41) is 39.7. The summed E-state index contributed by atoms with van der Waals surface area (Å²) in [6, 6.07) is 54.4. The van der Waals surface area contributed by atoms with Crippen molar-refractivity contribution in [3.8, 4) is 22.7 Å². The van der Waals surface area contributed by atoms with Crippen molar-refractivity contribution in [2.75, 3.05) is 0 Å². The van der Waals surface area contributed by atoms with Crippen molar-refractivity contribution < 1.29 is 52.8 Å². The lowest BCUT2D eigenvalue weighted by atomic mass is 10.1. The maximum Gasteiger partial charge on any atom is 0.337 e. The Morgan fingerprint density at radius 2 is 0.737 bits per heavy atom. The van der Waals surface area contributed by atoms with Gasteiger partial charge in [0, 0.05) is 69.1 Å². The van der Waals surface area contributed by atoms with Crippen LogP contribution < -0.4 is 0 Å². The molecule has 0 aliphatic carbocycles. The highest BCUT2D eigenvalue weighted by molar-refractivity contribution is 6.05. The highest BCUT2D eigenvalue weighted by Gasteiger charge is 2.17. The first-order valence-electron chi connectivity index (χ1n) is 23.3. The molecule has 0 amide bonds. The number of nitrogens with zero attached hydrogens (tertiary/aromatic N) is 4. The molecular formula is C61H43F3N4O8. The minimum Gasteiger partial charge on any atom is -0.478 e. The Kier molecular flexibility index (Phi) is 14.5. The molecule has 0 aliphatic rings. The van der Waals surface area contributed by atoms with Crippen molar-refractivity contribution in [3.63, 3.8) is 0 Å². The maximum absolute atomic E-state index is 13.3. The van der Waals surface area contributed by atoms with E-state index in [0.717, 1.165) is 39.1 Å². The van der Waals surface area contributed by atoms with Crippen LogP contribution in [0.5, 0.6) is 0 Å². The number of benzene rings is 8. The van der Waals surface area contributed by atoms with E-state index in [9.17, 15) is 42.6 Å². The number of hydrogen-bond donors (Lipinski definition) is 4. The fourth-order valence-corrected chi connectivity index (χ4v) is 8.86. The summed E-state index contributed by atoms with van der Waals surface area (Å²) in [5.74, 6) is -4.80. The number of hydrogen-bond acceptors (Lipinski definition) is 4. The maximum atomic E-state index is 13.3. The molecule has 12 rings (SSSR count). The number of carboxylic acid groups (broad SMARTS) is 4. The Balaban J connectivity index is 0.000000124. The minimum absolute atomic E-state index is 0.208. The first-order valence-corrected chi connectivity index (χ1v) is 23.3. The molecule has 0 aliphatic heterocycles. The third-order valence-electron chi connectivity index (χ3n) is 12.4. The van der Waals surface area contributed by atoms with Gasteiger partial charge in [-0.3, -0.25) is 0 Å². The molecule has 0 bridgehead atoms. The molecule has 4 heterocycles. The fraction of sp³-hybridized carbons (Fsp3) is 0.0164. The molecule has 376 valence electrons. The van der Waals surface area contributed by atoms with Gasteiger partial charge in [0.15, 0.2) is 0 Å². The second-order valence-corrected chi connectivity index (χ2v) is 17.2. The Hall–Kier alpha value is -10.4. The van der Waals surface area contributed by atoms with E-state index in [0.29, 0.717) is 27.4 Å². The van der Waals surface area contributed by atoms with E-state index in [1.54, 1.807) is 113 Å². The van der Waals surface area contributed by atoms with E-state index in [2.05, 4.69) is 29.8 Å². The van der Waals surface area contributed by atoms with E-state index in [1.807, 2.05) is 59.2 Å². The number of rotatable bonds is 8. The Morgan fingerprint density at radius 1 is 0.342 bits per heavy atom. The molecule has 0 atom stereocenters. The number of para-hydroxylation sites is 3. The third-order valence-corrected chi connectivity index (χ3v) is 12.4. The lowest BCUT2D eigenvalue weighted by Gasteiger charge is -2.06. The van der Waals surface area contributed by atoms with Crippen LogP contribution in [0, 0.1) is 24.4 Å². The van der Waals surface area contributed by atoms with E-state index in [1.165, 1.54) is 53.5 Å². The highest BCUT2D eigenvalue weighted by atomic mass is 19.1. The van der Waals surface area contributed by atoms with Crippen molar-refractivity contribution in [1.29, 1.82) is 0 Å². The number of aromatic carboxylic acids is 4. The van der Waals surface area contributed by atoms with E-state index in [-0.39, 0.29) is 34.1 Å². The second-order valence-electron chi connectivity index (χ2n) is 17.2. The number of carboxylic acids is 4. The molecule has 15 heteroatoms. The van der Waals surface area contributed by atoms with Crippen LogP contribution in [0.1, 0.15) is 47.0 Å². The summed E-state index contributed by atoms with van der Waals surface area (Å²) in [7, 11) is 0.